The van der Waals surface area contributed by atoms with Gasteiger partial charge < -0.3 is 9.80 Å². The van der Waals surface area contributed by atoms with Crippen molar-refractivity contribution in [2.45, 2.75) is 31.1 Å². The molecule has 0 aliphatic carbocycles. The number of piperazine rings is 1. The lowest BCUT2D eigenvalue weighted by atomic mass is 9.99. The van der Waals surface area contributed by atoms with Crippen molar-refractivity contribution in [2.75, 3.05) is 46.8 Å². The third-order valence-electron chi connectivity index (χ3n) is 4.74. The summed E-state index contributed by atoms with van der Waals surface area (Å²) in [6.07, 6.45) is 1.02. The SMILES string of the molecule is CC[C@H](C)c1ccc(S(=O)(=O)N2CCN(C(=O)CN(C)C)CC2)cc1. The zero-order chi connectivity index (χ0) is 18.6. The Labute approximate surface area is 151 Å². The monoisotopic (exact) mass is 367 g/mol. The predicted octanol–water partition coefficient (Wildman–Crippen LogP) is 1.59. The lowest BCUT2D eigenvalue weighted by molar-refractivity contribution is -0.133. The van der Waals surface area contributed by atoms with E-state index in [4.69, 9.17) is 0 Å². The maximum atomic E-state index is 12.8. The van der Waals surface area contributed by atoms with Gasteiger partial charge in [0.2, 0.25) is 15.9 Å². The summed E-state index contributed by atoms with van der Waals surface area (Å²) in [6, 6.07) is 7.19. The molecule has 1 saturated heterocycles. The van der Waals surface area contributed by atoms with Crippen LogP contribution in [0.5, 0.6) is 0 Å². The highest BCUT2D eigenvalue weighted by molar-refractivity contribution is 7.89. The standard InChI is InChI=1S/C18H29N3O3S/c1-5-15(2)16-6-8-17(9-7-16)25(23,24)21-12-10-20(11-13-21)18(22)14-19(3)4/h6-9,15H,5,10-14H2,1-4H3/t15-/m0/s1. The molecule has 1 aromatic rings. The quantitative estimate of drug-likeness (QED) is 0.766. The summed E-state index contributed by atoms with van der Waals surface area (Å²) in [5.41, 5.74) is 1.15. The van der Waals surface area contributed by atoms with E-state index in [-0.39, 0.29) is 5.91 Å². The largest absolute Gasteiger partial charge is 0.339 e. The zero-order valence-corrected chi connectivity index (χ0v) is 16.4. The van der Waals surface area contributed by atoms with Crippen molar-refractivity contribution in [2.24, 2.45) is 0 Å². The molecule has 1 fully saturated rings. The Hall–Kier alpha value is -1.44. The van der Waals surface area contributed by atoms with E-state index in [0.717, 1.165) is 12.0 Å². The Balaban J connectivity index is 2.03. The molecule has 0 unspecified atom stereocenters. The molecule has 0 radical (unpaired) electrons. The number of likely N-dealkylation sites (N-methyl/N-ethyl adjacent to an activating group) is 1. The van der Waals surface area contributed by atoms with Gasteiger partial charge in [-0.3, -0.25) is 4.79 Å². The van der Waals surface area contributed by atoms with Gasteiger partial charge in [0, 0.05) is 26.2 Å². The maximum absolute atomic E-state index is 12.8. The molecule has 0 aromatic heterocycles. The van der Waals surface area contributed by atoms with Crippen molar-refractivity contribution in [1.29, 1.82) is 0 Å². The molecule has 1 atom stereocenters. The van der Waals surface area contributed by atoms with Crippen LogP contribution >= 0.6 is 0 Å². The minimum Gasteiger partial charge on any atom is -0.339 e. The normalized spacial score (nSPS) is 17.7. The van der Waals surface area contributed by atoms with E-state index in [1.807, 2.05) is 31.1 Å². The minimum absolute atomic E-state index is 0.0416. The zero-order valence-electron chi connectivity index (χ0n) is 15.6. The summed E-state index contributed by atoms with van der Waals surface area (Å²) in [5.74, 6) is 0.461. The summed E-state index contributed by atoms with van der Waals surface area (Å²) < 4.78 is 27.1. The van der Waals surface area contributed by atoms with E-state index in [1.165, 1.54) is 4.31 Å². The van der Waals surface area contributed by atoms with E-state index < -0.39 is 10.0 Å². The van der Waals surface area contributed by atoms with E-state index in [9.17, 15) is 13.2 Å². The molecule has 6 nitrogen and oxygen atoms in total. The summed E-state index contributed by atoms with van der Waals surface area (Å²) in [5, 5.41) is 0. The number of amides is 1. The highest BCUT2D eigenvalue weighted by Crippen LogP contribution is 2.23. The fourth-order valence-corrected chi connectivity index (χ4v) is 4.32. The van der Waals surface area contributed by atoms with Crippen molar-refractivity contribution < 1.29 is 13.2 Å². The third-order valence-corrected chi connectivity index (χ3v) is 6.65. The first-order chi connectivity index (χ1) is 11.8. The Kier molecular flexibility index (Phi) is 6.59. The molecule has 1 aliphatic rings. The second-order valence-corrected chi connectivity index (χ2v) is 8.84. The molecule has 2 rings (SSSR count). The van der Waals surface area contributed by atoms with Crippen molar-refractivity contribution in [3.63, 3.8) is 0 Å². The molecule has 25 heavy (non-hydrogen) atoms. The van der Waals surface area contributed by atoms with Crippen LogP contribution in [0.4, 0.5) is 0 Å². The Morgan fingerprint density at radius 1 is 1.12 bits per heavy atom. The fourth-order valence-electron chi connectivity index (χ4n) is 2.90. The fraction of sp³-hybridized carbons (Fsp3) is 0.611. The predicted molar refractivity (Wildman–Crippen MR) is 99.0 cm³/mol. The van der Waals surface area contributed by atoms with Crippen LogP contribution in [0.15, 0.2) is 29.2 Å². The van der Waals surface area contributed by atoms with Crippen LogP contribution in [0, 0.1) is 0 Å². The van der Waals surface area contributed by atoms with E-state index in [2.05, 4.69) is 13.8 Å². The van der Waals surface area contributed by atoms with Crippen LogP contribution in [-0.2, 0) is 14.8 Å². The van der Waals surface area contributed by atoms with Crippen LogP contribution in [0.1, 0.15) is 31.7 Å². The van der Waals surface area contributed by atoms with Crippen molar-refractivity contribution >= 4 is 15.9 Å². The molecule has 0 N–H and O–H groups in total. The number of carbonyl (C=O) groups excluding carboxylic acids is 1. The van der Waals surface area contributed by atoms with Gasteiger partial charge in [-0.05, 0) is 44.1 Å². The second kappa shape index (κ2) is 8.29. The first kappa shape index (κ1) is 19.9. The lowest BCUT2D eigenvalue weighted by Gasteiger charge is -2.34. The topological polar surface area (TPSA) is 60.9 Å². The Morgan fingerprint density at radius 3 is 2.16 bits per heavy atom. The van der Waals surface area contributed by atoms with E-state index in [1.54, 1.807) is 17.0 Å². The molecule has 1 heterocycles. The van der Waals surface area contributed by atoms with Crippen molar-refractivity contribution in [3.8, 4) is 0 Å². The summed E-state index contributed by atoms with van der Waals surface area (Å²) >= 11 is 0. The van der Waals surface area contributed by atoms with Gasteiger partial charge in [0.05, 0.1) is 11.4 Å². The number of nitrogens with zero attached hydrogens (tertiary/aromatic N) is 3. The smallest absolute Gasteiger partial charge is 0.243 e. The van der Waals surface area contributed by atoms with Crippen molar-refractivity contribution in [3.05, 3.63) is 29.8 Å². The van der Waals surface area contributed by atoms with E-state index in [0.29, 0.717) is 43.5 Å². The van der Waals surface area contributed by atoms with E-state index >= 15 is 0 Å². The molecular formula is C18H29N3O3S. The van der Waals surface area contributed by atoms with Gasteiger partial charge in [0.25, 0.3) is 0 Å². The lowest BCUT2D eigenvalue weighted by Crippen LogP contribution is -2.52. The van der Waals surface area contributed by atoms with Gasteiger partial charge in [-0.2, -0.15) is 4.31 Å². The van der Waals surface area contributed by atoms with Crippen LogP contribution in [-0.4, -0.2) is 75.2 Å². The number of hydrogen-bond donors (Lipinski definition) is 0. The summed E-state index contributed by atoms with van der Waals surface area (Å²) in [6.45, 7) is 6.17. The van der Waals surface area contributed by atoms with Gasteiger partial charge in [0.1, 0.15) is 0 Å². The van der Waals surface area contributed by atoms with Crippen LogP contribution in [0.25, 0.3) is 0 Å². The minimum atomic E-state index is -3.50. The number of sulfonamides is 1. The van der Waals surface area contributed by atoms with Crippen LogP contribution < -0.4 is 0 Å². The molecule has 140 valence electrons. The molecule has 7 heteroatoms. The molecule has 0 saturated carbocycles. The molecule has 1 aliphatic heterocycles. The summed E-state index contributed by atoms with van der Waals surface area (Å²) in [7, 11) is 0.199. The molecule has 1 amide bonds. The molecular weight excluding hydrogens is 338 g/mol. The second-order valence-electron chi connectivity index (χ2n) is 6.90. The van der Waals surface area contributed by atoms with Gasteiger partial charge in [0.15, 0.2) is 0 Å². The van der Waals surface area contributed by atoms with Gasteiger partial charge in [-0.15, -0.1) is 0 Å². The Bertz CT molecular complexity index is 678. The first-order valence-electron chi connectivity index (χ1n) is 8.78. The van der Waals surface area contributed by atoms with Gasteiger partial charge >= 0.3 is 0 Å². The average Bonchev–Trinajstić information content (AvgIpc) is 2.60. The number of benzene rings is 1. The van der Waals surface area contributed by atoms with Gasteiger partial charge in [-0.25, -0.2) is 8.42 Å². The highest BCUT2D eigenvalue weighted by Gasteiger charge is 2.30. The highest BCUT2D eigenvalue weighted by atomic mass is 32.2. The first-order valence-corrected chi connectivity index (χ1v) is 10.2. The number of hydrogen-bond acceptors (Lipinski definition) is 4. The third kappa shape index (κ3) is 4.80. The molecule has 1 aromatic carbocycles. The molecule has 0 bridgehead atoms. The number of rotatable bonds is 6. The number of carbonyl (C=O) groups is 1. The molecule has 0 spiro atoms. The average molecular weight is 368 g/mol. The van der Waals surface area contributed by atoms with Crippen LogP contribution in [0.2, 0.25) is 0 Å². The Morgan fingerprint density at radius 2 is 1.68 bits per heavy atom. The van der Waals surface area contributed by atoms with Crippen molar-refractivity contribution in [1.82, 2.24) is 14.1 Å². The van der Waals surface area contributed by atoms with Gasteiger partial charge in [-0.1, -0.05) is 26.0 Å². The summed E-state index contributed by atoms with van der Waals surface area (Å²) in [4.78, 5) is 16.0. The van der Waals surface area contributed by atoms with Crippen LogP contribution in [0.3, 0.4) is 0 Å². The maximum Gasteiger partial charge on any atom is 0.243 e.